The lowest BCUT2D eigenvalue weighted by atomic mass is 10.2. The molecule has 0 unspecified atom stereocenters. The number of methoxy groups -OCH3 is 2. The van der Waals surface area contributed by atoms with Crippen LogP contribution in [0.15, 0.2) is 28.7 Å². The molecule has 2 rings (SSSR count). The number of hydrogen-bond donors (Lipinski definition) is 2. The molecule has 0 saturated heterocycles. The van der Waals surface area contributed by atoms with Crippen molar-refractivity contribution in [2.75, 3.05) is 25.3 Å². The number of ether oxygens (including phenoxy) is 2. The summed E-state index contributed by atoms with van der Waals surface area (Å²) >= 11 is 3.02. The maximum Gasteiger partial charge on any atom is 0.162 e. The summed E-state index contributed by atoms with van der Waals surface area (Å²) in [4.78, 5) is 0. The Hall–Kier alpha value is -2.02. The molecule has 112 valence electrons. The number of benzene rings is 2. The van der Waals surface area contributed by atoms with Gasteiger partial charge in [-0.2, -0.15) is 0 Å². The highest BCUT2D eigenvalue weighted by Gasteiger charge is 2.14. The SMILES string of the molecule is COc1cc(N)c(Nc2c(F)cc(Br)cc2F)cc1OC. The molecule has 21 heavy (non-hydrogen) atoms. The molecule has 0 heterocycles. The zero-order valence-electron chi connectivity index (χ0n) is 11.3. The Balaban J connectivity index is 2.45. The van der Waals surface area contributed by atoms with Gasteiger partial charge in [0.1, 0.15) is 5.69 Å². The van der Waals surface area contributed by atoms with E-state index < -0.39 is 11.6 Å². The molecule has 0 bridgehead atoms. The summed E-state index contributed by atoms with van der Waals surface area (Å²) in [6.07, 6.45) is 0. The molecule has 0 aliphatic carbocycles. The van der Waals surface area contributed by atoms with E-state index in [-0.39, 0.29) is 11.4 Å². The summed E-state index contributed by atoms with van der Waals surface area (Å²) in [5.41, 5.74) is 6.14. The Morgan fingerprint density at radius 1 is 1.00 bits per heavy atom. The van der Waals surface area contributed by atoms with Crippen LogP contribution in [0.2, 0.25) is 0 Å². The maximum absolute atomic E-state index is 13.8. The predicted octanol–water partition coefficient (Wildman–Crippen LogP) is 4.07. The second-order valence-corrected chi connectivity index (χ2v) is 5.08. The minimum absolute atomic E-state index is 0.273. The van der Waals surface area contributed by atoms with Crippen molar-refractivity contribution in [1.82, 2.24) is 0 Å². The van der Waals surface area contributed by atoms with Crippen LogP contribution >= 0.6 is 15.9 Å². The summed E-state index contributed by atoms with van der Waals surface area (Å²) < 4.78 is 38.2. The third kappa shape index (κ3) is 3.18. The van der Waals surface area contributed by atoms with Crippen LogP contribution in [0.4, 0.5) is 25.8 Å². The van der Waals surface area contributed by atoms with Crippen LogP contribution in [0.5, 0.6) is 11.5 Å². The van der Waals surface area contributed by atoms with Gasteiger partial charge in [-0.05, 0) is 12.1 Å². The molecule has 7 heteroatoms. The zero-order chi connectivity index (χ0) is 15.6. The highest BCUT2D eigenvalue weighted by atomic mass is 79.9. The smallest absolute Gasteiger partial charge is 0.162 e. The first-order valence-corrected chi connectivity index (χ1v) is 6.68. The van der Waals surface area contributed by atoms with E-state index >= 15 is 0 Å². The zero-order valence-corrected chi connectivity index (χ0v) is 12.9. The van der Waals surface area contributed by atoms with Gasteiger partial charge in [-0.15, -0.1) is 0 Å². The quantitative estimate of drug-likeness (QED) is 0.808. The van der Waals surface area contributed by atoms with Crippen LogP contribution in [0.1, 0.15) is 0 Å². The van der Waals surface area contributed by atoms with Crippen LogP contribution in [-0.4, -0.2) is 14.2 Å². The van der Waals surface area contributed by atoms with E-state index in [4.69, 9.17) is 15.2 Å². The molecule has 0 saturated carbocycles. The summed E-state index contributed by atoms with van der Waals surface area (Å²) in [6.45, 7) is 0. The second-order valence-electron chi connectivity index (χ2n) is 4.16. The third-order valence-electron chi connectivity index (χ3n) is 2.82. The van der Waals surface area contributed by atoms with Crippen LogP contribution < -0.4 is 20.5 Å². The number of halogens is 3. The second kappa shape index (κ2) is 6.17. The Bertz CT molecular complexity index is 657. The van der Waals surface area contributed by atoms with Gasteiger partial charge in [0, 0.05) is 16.6 Å². The predicted molar refractivity (Wildman–Crippen MR) is 81.3 cm³/mol. The fourth-order valence-corrected chi connectivity index (χ4v) is 2.20. The van der Waals surface area contributed by atoms with Gasteiger partial charge in [-0.25, -0.2) is 8.78 Å². The standard InChI is InChI=1S/C14H13BrF2N2O2/c1-20-12-5-10(18)11(6-13(12)21-2)19-14-8(16)3-7(15)4-9(14)17/h3-6,19H,18H2,1-2H3. The van der Waals surface area contributed by atoms with Crippen molar-refractivity contribution in [3.05, 3.63) is 40.4 Å². The Kier molecular flexibility index (Phi) is 4.52. The summed E-state index contributed by atoms with van der Waals surface area (Å²) in [5.74, 6) is -0.656. The molecule has 0 fully saturated rings. The number of anilines is 3. The highest BCUT2D eigenvalue weighted by Crippen LogP contribution is 2.37. The van der Waals surface area contributed by atoms with E-state index in [1.807, 2.05) is 0 Å². The first-order valence-electron chi connectivity index (χ1n) is 5.89. The van der Waals surface area contributed by atoms with Crippen molar-refractivity contribution in [3.8, 4) is 11.5 Å². The van der Waals surface area contributed by atoms with E-state index in [1.165, 1.54) is 26.4 Å². The Labute approximate surface area is 129 Å². The number of nitrogens with two attached hydrogens (primary N) is 1. The molecule has 0 aliphatic rings. The summed E-state index contributed by atoms with van der Waals surface area (Å²) in [6, 6.07) is 5.33. The van der Waals surface area contributed by atoms with Crippen LogP contribution in [-0.2, 0) is 0 Å². The van der Waals surface area contributed by atoms with Crippen molar-refractivity contribution < 1.29 is 18.3 Å². The summed E-state index contributed by atoms with van der Waals surface area (Å²) in [5, 5.41) is 2.63. The maximum atomic E-state index is 13.8. The number of nitrogens with one attached hydrogen (secondary N) is 1. The number of hydrogen-bond acceptors (Lipinski definition) is 4. The minimum Gasteiger partial charge on any atom is -0.493 e. The fourth-order valence-electron chi connectivity index (χ4n) is 1.80. The van der Waals surface area contributed by atoms with E-state index in [0.29, 0.717) is 21.7 Å². The largest absolute Gasteiger partial charge is 0.493 e. The molecule has 3 N–H and O–H groups in total. The number of rotatable bonds is 4. The molecule has 0 radical (unpaired) electrons. The van der Waals surface area contributed by atoms with Gasteiger partial charge in [-0.3, -0.25) is 0 Å². The van der Waals surface area contributed by atoms with Crippen molar-refractivity contribution in [2.45, 2.75) is 0 Å². The topological polar surface area (TPSA) is 56.5 Å². The van der Waals surface area contributed by atoms with Gasteiger partial charge in [-0.1, -0.05) is 15.9 Å². The average Bonchev–Trinajstić information content (AvgIpc) is 2.43. The molecular formula is C14H13BrF2N2O2. The summed E-state index contributed by atoms with van der Waals surface area (Å²) in [7, 11) is 2.93. The molecular weight excluding hydrogens is 346 g/mol. The van der Waals surface area contributed by atoms with Gasteiger partial charge in [0.2, 0.25) is 0 Å². The molecule has 2 aromatic rings. The normalized spacial score (nSPS) is 10.3. The fraction of sp³-hybridized carbons (Fsp3) is 0.143. The van der Waals surface area contributed by atoms with Gasteiger partial charge in [0.15, 0.2) is 23.1 Å². The lowest BCUT2D eigenvalue weighted by Gasteiger charge is -2.15. The van der Waals surface area contributed by atoms with E-state index in [0.717, 1.165) is 12.1 Å². The van der Waals surface area contributed by atoms with Crippen LogP contribution in [0, 0.1) is 11.6 Å². The molecule has 0 atom stereocenters. The van der Waals surface area contributed by atoms with Crippen molar-refractivity contribution >= 4 is 33.0 Å². The van der Waals surface area contributed by atoms with Crippen molar-refractivity contribution in [2.24, 2.45) is 0 Å². The highest BCUT2D eigenvalue weighted by molar-refractivity contribution is 9.10. The minimum atomic E-state index is -0.740. The monoisotopic (exact) mass is 358 g/mol. The van der Waals surface area contributed by atoms with Gasteiger partial charge in [0.25, 0.3) is 0 Å². The Morgan fingerprint density at radius 2 is 1.52 bits per heavy atom. The lowest BCUT2D eigenvalue weighted by molar-refractivity contribution is 0.355. The van der Waals surface area contributed by atoms with Crippen LogP contribution in [0.25, 0.3) is 0 Å². The van der Waals surface area contributed by atoms with Gasteiger partial charge in [0.05, 0.1) is 25.6 Å². The average molecular weight is 359 g/mol. The van der Waals surface area contributed by atoms with Gasteiger partial charge >= 0.3 is 0 Å². The molecule has 2 aromatic carbocycles. The lowest BCUT2D eigenvalue weighted by Crippen LogP contribution is -2.02. The van der Waals surface area contributed by atoms with Crippen LogP contribution in [0.3, 0.4) is 0 Å². The third-order valence-corrected chi connectivity index (χ3v) is 3.28. The number of nitrogen functional groups attached to an aromatic ring is 1. The first-order chi connectivity index (χ1) is 9.96. The Morgan fingerprint density at radius 3 is 2.05 bits per heavy atom. The van der Waals surface area contributed by atoms with E-state index in [1.54, 1.807) is 0 Å². The van der Waals surface area contributed by atoms with E-state index in [2.05, 4.69) is 21.2 Å². The molecule has 0 amide bonds. The first kappa shape index (κ1) is 15.4. The molecule has 0 aromatic heterocycles. The molecule has 4 nitrogen and oxygen atoms in total. The van der Waals surface area contributed by atoms with Crippen molar-refractivity contribution in [1.29, 1.82) is 0 Å². The molecule has 0 spiro atoms. The van der Waals surface area contributed by atoms with E-state index in [9.17, 15) is 8.78 Å². The molecule has 0 aliphatic heterocycles. The van der Waals surface area contributed by atoms with Gasteiger partial charge < -0.3 is 20.5 Å². The van der Waals surface area contributed by atoms with Crippen molar-refractivity contribution in [3.63, 3.8) is 0 Å².